The minimum Gasteiger partial charge on any atom is -0.382 e. The van der Waals surface area contributed by atoms with E-state index in [-0.39, 0.29) is 11.6 Å². The van der Waals surface area contributed by atoms with Crippen LogP contribution in [0, 0.1) is 20.4 Å². The molecule has 0 saturated carbocycles. The summed E-state index contributed by atoms with van der Waals surface area (Å²) in [6, 6.07) is 7.32. The predicted molar refractivity (Wildman–Crippen MR) is 135 cm³/mol. The maximum absolute atomic E-state index is 8.40. The van der Waals surface area contributed by atoms with Gasteiger partial charge in [0.05, 0.1) is 34.5 Å². The number of rotatable bonds is 6. The van der Waals surface area contributed by atoms with Crippen LogP contribution in [0.4, 0.5) is 23.0 Å². The first-order valence-electron chi connectivity index (χ1n) is 10.3. The summed E-state index contributed by atoms with van der Waals surface area (Å²) in [5, 5.41) is 26.1. The van der Waals surface area contributed by atoms with E-state index in [0.29, 0.717) is 32.6 Å². The fourth-order valence-electron chi connectivity index (χ4n) is 3.41. The highest BCUT2D eigenvalue weighted by Gasteiger charge is 2.29. The Morgan fingerprint density at radius 1 is 1.20 bits per heavy atom. The van der Waals surface area contributed by atoms with Gasteiger partial charge < -0.3 is 5.73 Å². The summed E-state index contributed by atoms with van der Waals surface area (Å²) in [5.74, 6) is 0.520. The van der Waals surface area contributed by atoms with Gasteiger partial charge in [-0.3, -0.25) is 0 Å². The molecule has 11 nitrogen and oxygen atoms in total. The molecule has 0 atom stereocenters. The van der Waals surface area contributed by atoms with Crippen molar-refractivity contribution in [1.29, 1.82) is 0 Å². The van der Waals surface area contributed by atoms with Crippen LogP contribution in [0.1, 0.15) is 37.7 Å². The fourth-order valence-corrected chi connectivity index (χ4v) is 4.70. The van der Waals surface area contributed by atoms with Gasteiger partial charge in [-0.1, -0.05) is 37.1 Å². The molecule has 0 fully saturated rings. The number of anilines is 1. The van der Waals surface area contributed by atoms with Crippen molar-refractivity contribution in [3.8, 4) is 5.13 Å². The maximum atomic E-state index is 8.40. The highest BCUT2D eigenvalue weighted by Crippen LogP contribution is 2.42. The second-order valence-corrected chi connectivity index (χ2v) is 10.4. The van der Waals surface area contributed by atoms with Crippen molar-refractivity contribution in [2.75, 3.05) is 5.73 Å². The van der Waals surface area contributed by atoms with Crippen molar-refractivity contribution in [2.45, 2.75) is 44.9 Å². The molecule has 0 aliphatic carbocycles. The van der Waals surface area contributed by atoms with Crippen LogP contribution >= 0.6 is 23.4 Å². The summed E-state index contributed by atoms with van der Waals surface area (Å²) < 4.78 is 6.93. The number of thiazole rings is 1. The number of azo groups is 1. The number of pyridine rings is 1. The van der Waals surface area contributed by atoms with Gasteiger partial charge in [-0.25, -0.2) is 20.1 Å². The van der Waals surface area contributed by atoms with Crippen molar-refractivity contribution in [3.63, 3.8) is 0 Å². The van der Waals surface area contributed by atoms with Crippen LogP contribution < -0.4 is 5.73 Å². The van der Waals surface area contributed by atoms with Crippen molar-refractivity contribution < 1.29 is 14.6 Å². The standard InChI is InChI=1S/C22H22N8O3S2/c1-11-9-12(2)25-19(23)16(11)27-28-20-17(24-6)18(22(3,4)5)29-30(20)21-26-14-10-13(35-33-32-31)7-8-15(14)34-21/h7-10,31H,1-5H3,(H2,23,25). The van der Waals surface area contributed by atoms with E-state index in [4.69, 9.17) is 27.6 Å². The summed E-state index contributed by atoms with van der Waals surface area (Å²) in [5.41, 5.74) is 9.26. The molecule has 3 N–H and O–H groups in total. The molecule has 1 aromatic carbocycles. The SMILES string of the molecule is [C-]#[N+]c1c(C(C)(C)C)nn(-c2nc3cc(SOOO)ccc3s2)c1N=Nc1c(C)cc(C)nc1N. The van der Waals surface area contributed by atoms with Gasteiger partial charge in [-0.2, -0.15) is 9.78 Å². The number of aromatic nitrogens is 4. The van der Waals surface area contributed by atoms with Gasteiger partial charge in [0, 0.05) is 10.6 Å². The third-order valence-corrected chi connectivity index (χ3v) is 6.52. The predicted octanol–water partition coefficient (Wildman–Crippen LogP) is 6.77. The van der Waals surface area contributed by atoms with Crippen molar-refractivity contribution in [3.05, 3.63) is 52.6 Å². The van der Waals surface area contributed by atoms with Gasteiger partial charge in [-0.05, 0) is 49.1 Å². The Hall–Kier alpha value is -3.41. The molecule has 3 heterocycles. The van der Waals surface area contributed by atoms with Crippen LogP contribution in [0.2, 0.25) is 0 Å². The van der Waals surface area contributed by atoms with E-state index in [9.17, 15) is 0 Å². The van der Waals surface area contributed by atoms with Gasteiger partial charge in [0.1, 0.15) is 5.69 Å². The molecule has 35 heavy (non-hydrogen) atoms. The minimum absolute atomic E-state index is 0.259. The van der Waals surface area contributed by atoms with Crippen LogP contribution in [0.3, 0.4) is 0 Å². The Balaban J connectivity index is 1.88. The second-order valence-electron chi connectivity index (χ2n) is 8.66. The number of nitrogen functional groups attached to an aromatic ring is 1. The average molecular weight is 511 g/mol. The Labute approximate surface area is 209 Å². The number of nitrogens with zero attached hydrogens (tertiary/aromatic N) is 7. The number of aryl methyl sites for hydroxylation is 2. The Bertz CT molecular complexity index is 1460. The molecule has 4 rings (SSSR count). The van der Waals surface area contributed by atoms with E-state index in [0.717, 1.165) is 28.0 Å². The molecular weight excluding hydrogens is 488 g/mol. The van der Waals surface area contributed by atoms with Crippen LogP contribution in [0.15, 0.2) is 39.4 Å². The molecule has 0 saturated heterocycles. The lowest BCUT2D eigenvalue weighted by Gasteiger charge is -2.15. The number of nitrogens with two attached hydrogens (primary N) is 1. The third kappa shape index (κ3) is 5.02. The quantitative estimate of drug-likeness (QED) is 0.0953. The summed E-state index contributed by atoms with van der Waals surface area (Å²) >= 11 is 2.23. The lowest BCUT2D eigenvalue weighted by atomic mass is 9.91. The zero-order valence-corrected chi connectivity index (χ0v) is 21.2. The monoisotopic (exact) mass is 510 g/mol. The van der Waals surface area contributed by atoms with E-state index in [1.807, 2.05) is 46.8 Å². The smallest absolute Gasteiger partial charge is 0.255 e. The number of hydrogen-bond donors (Lipinski definition) is 2. The summed E-state index contributed by atoms with van der Waals surface area (Å²) in [7, 11) is 0. The molecule has 4 aromatic rings. The zero-order valence-electron chi connectivity index (χ0n) is 19.6. The summed E-state index contributed by atoms with van der Waals surface area (Å²) in [4.78, 5) is 13.4. The molecule has 0 radical (unpaired) electrons. The topological polar surface area (TPSA) is 137 Å². The maximum Gasteiger partial charge on any atom is 0.255 e. The largest absolute Gasteiger partial charge is 0.382 e. The van der Waals surface area contributed by atoms with E-state index in [1.165, 1.54) is 16.0 Å². The van der Waals surface area contributed by atoms with Crippen molar-refractivity contribution in [1.82, 2.24) is 19.7 Å². The van der Waals surface area contributed by atoms with Gasteiger partial charge in [0.15, 0.2) is 11.6 Å². The minimum atomic E-state index is -0.419. The van der Waals surface area contributed by atoms with Gasteiger partial charge in [0.25, 0.3) is 5.69 Å². The third-order valence-electron chi connectivity index (χ3n) is 4.93. The molecule has 0 spiro atoms. The second kappa shape index (κ2) is 9.68. The number of fused-ring (bicyclic) bond motifs is 1. The first kappa shape index (κ1) is 24.7. The molecule has 0 amide bonds. The number of benzene rings is 1. The summed E-state index contributed by atoms with van der Waals surface area (Å²) in [6.45, 7) is 17.5. The lowest BCUT2D eigenvalue weighted by Crippen LogP contribution is -2.12. The van der Waals surface area contributed by atoms with Crippen LogP contribution in [-0.4, -0.2) is 25.0 Å². The van der Waals surface area contributed by atoms with Crippen molar-refractivity contribution >= 4 is 56.6 Å². The summed E-state index contributed by atoms with van der Waals surface area (Å²) in [6.07, 6.45) is 0. The van der Waals surface area contributed by atoms with Crippen LogP contribution in [-0.2, 0) is 14.8 Å². The Morgan fingerprint density at radius 3 is 2.63 bits per heavy atom. The van der Waals surface area contributed by atoms with E-state index < -0.39 is 5.41 Å². The molecule has 0 aliphatic rings. The van der Waals surface area contributed by atoms with E-state index >= 15 is 0 Å². The number of hydrogen-bond acceptors (Lipinski definition) is 11. The van der Waals surface area contributed by atoms with Gasteiger partial charge >= 0.3 is 0 Å². The fraction of sp³-hybridized carbons (Fsp3) is 0.273. The first-order chi connectivity index (χ1) is 16.6. The Kier molecular flexibility index (Phi) is 6.84. The molecule has 3 aromatic heterocycles. The lowest BCUT2D eigenvalue weighted by molar-refractivity contribution is -0.432. The molecule has 13 heteroatoms. The highest BCUT2D eigenvalue weighted by molar-refractivity contribution is 7.94. The van der Waals surface area contributed by atoms with E-state index in [1.54, 1.807) is 12.1 Å². The molecule has 180 valence electrons. The molecule has 0 unspecified atom stereocenters. The van der Waals surface area contributed by atoms with Crippen LogP contribution in [0.25, 0.3) is 20.2 Å². The van der Waals surface area contributed by atoms with Crippen LogP contribution in [0.5, 0.6) is 0 Å². The molecule has 0 aliphatic heterocycles. The van der Waals surface area contributed by atoms with Gasteiger partial charge in [0.2, 0.25) is 5.13 Å². The van der Waals surface area contributed by atoms with E-state index in [2.05, 4.69) is 29.4 Å². The highest BCUT2D eigenvalue weighted by atomic mass is 32.2. The normalized spacial score (nSPS) is 12.0. The van der Waals surface area contributed by atoms with Crippen molar-refractivity contribution in [2.24, 2.45) is 10.2 Å². The zero-order chi connectivity index (χ0) is 25.3. The average Bonchev–Trinajstić information content (AvgIpc) is 3.37. The first-order valence-corrected chi connectivity index (χ1v) is 11.9. The van der Waals surface area contributed by atoms with Gasteiger partial charge in [-0.15, -0.1) is 14.6 Å². The molecular formula is C22H22N8O3S2. The molecule has 0 bridgehead atoms. The Morgan fingerprint density at radius 2 is 1.97 bits per heavy atom.